The molecule has 0 spiro atoms. The molecule has 0 saturated carbocycles. The number of hydrogen-bond acceptors (Lipinski definition) is 5. The average Bonchev–Trinajstić information content (AvgIpc) is 2.68. The third-order valence-electron chi connectivity index (χ3n) is 4.34. The first-order valence-corrected chi connectivity index (χ1v) is 9.55. The number of anilines is 2. The van der Waals surface area contributed by atoms with Gasteiger partial charge in [0.1, 0.15) is 11.6 Å². The van der Waals surface area contributed by atoms with Crippen molar-refractivity contribution in [3.05, 3.63) is 47.1 Å². The summed E-state index contributed by atoms with van der Waals surface area (Å²) >= 11 is 5.99. The van der Waals surface area contributed by atoms with Gasteiger partial charge < -0.3 is 20.3 Å². The Balaban J connectivity index is 1.40. The molecule has 8 heteroatoms. The second-order valence-corrected chi connectivity index (χ2v) is 6.99. The summed E-state index contributed by atoms with van der Waals surface area (Å²) < 4.78 is 5.64. The van der Waals surface area contributed by atoms with Crippen molar-refractivity contribution in [3.63, 3.8) is 0 Å². The normalized spacial score (nSPS) is 13.8. The first-order chi connectivity index (χ1) is 13.5. The van der Waals surface area contributed by atoms with Crippen molar-refractivity contribution in [1.82, 2.24) is 10.3 Å². The van der Waals surface area contributed by atoms with Gasteiger partial charge in [-0.1, -0.05) is 11.6 Å². The lowest BCUT2D eigenvalue weighted by molar-refractivity contribution is -0.120. The highest BCUT2D eigenvalue weighted by atomic mass is 35.5. The van der Waals surface area contributed by atoms with E-state index in [-0.39, 0.29) is 11.8 Å². The summed E-state index contributed by atoms with van der Waals surface area (Å²) in [5.74, 6) is 1.36. The van der Waals surface area contributed by atoms with Crippen molar-refractivity contribution in [2.75, 3.05) is 36.5 Å². The van der Waals surface area contributed by atoms with E-state index in [1.807, 2.05) is 24.0 Å². The Morgan fingerprint density at radius 2 is 2.21 bits per heavy atom. The number of amides is 2. The summed E-state index contributed by atoms with van der Waals surface area (Å²) in [5, 5.41) is 6.31. The topological polar surface area (TPSA) is 83.6 Å². The fraction of sp³-hybridized carbons (Fsp3) is 0.350. The highest BCUT2D eigenvalue weighted by Gasteiger charge is 2.17. The van der Waals surface area contributed by atoms with Crippen LogP contribution in [0.4, 0.5) is 11.5 Å². The number of aromatic nitrogens is 1. The van der Waals surface area contributed by atoms with Crippen LogP contribution >= 0.6 is 11.6 Å². The van der Waals surface area contributed by atoms with Crippen LogP contribution in [0.15, 0.2) is 36.5 Å². The number of aryl methyl sites for hydroxylation is 1. The molecule has 1 fully saturated rings. The number of carbonyl (C=O) groups is 2. The molecular weight excluding hydrogens is 380 g/mol. The monoisotopic (exact) mass is 402 g/mol. The van der Waals surface area contributed by atoms with Gasteiger partial charge in [0.15, 0.2) is 0 Å². The van der Waals surface area contributed by atoms with Gasteiger partial charge in [-0.3, -0.25) is 9.59 Å². The number of rotatable bonds is 7. The number of hydrogen-bond donors (Lipinski definition) is 2. The second-order valence-electron chi connectivity index (χ2n) is 6.59. The largest absolute Gasteiger partial charge is 0.494 e. The van der Waals surface area contributed by atoms with Crippen molar-refractivity contribution in [3.8, 4) is 5.75 Å². The van der Waals surface area contributed by atoms with Crippen LogP contribution in [0, 0.1) is 6.92 Å². The minimum atomic E-state index is -0.0946. The van der Waals surface area contributed by atoms with Crippen LogP contribution in [0.2, 0.25) is 5.02 Å². The summed E-state index contributed by atoms with van der Waals surface area (Å²) in [6.07, 6.45) is 2.55. The first kappa shape index (κ1) is 19.9. The maximum absolute atomic E-state index is 12.1. The molecule has 2 N–H and O–H groups in total. The Kier molecular flexibility index (Phi) is 6.71. The van der Waals surface area contributed by atoms with Gasteiger partial charge in [-0.2, -0.15) is 0 Å². The minimum absolute atomic E-state index is 0.0126. The van der Waals surface area contributed by atoms with Gasteiger partial charge >= 0.3 is 0 Å². The molecule has 0 unspecified atom stereocenters. The van der Waals surface area contributed by atoms with Gasteiger partial charge in [-0.25, -0.2) is 4.98 Å². The molecule has 2 heterocycles. The summed E-state index contributed by atoms with van der Waals surface area (Å²) in [6.45, 7) is 3.99. The predicted molar refractivity (Wildman–Crippen MR) is 109 cm³/mol. The minimum Gasteiger partial charge on any atom is -0.494 e. The van der Waals surface area contributed by atoms with Crippen LogP contribution in [0.1, 0.15) is 18.4 Å². The number of ether oxygens (including phenoxy) is 1. The van der Waals surface area contributed by atoms with Crippen molar-refractivity contribution in [2.45, 2.75) is 19.8 Å². The van der Waals surface area contributed by atoms with Gasteiger partial charge in [0, 0.05) is 24.5 Å². The molecule has 0 bridgehead atoms. The van der Waals surface area contributed by atoms with Gasteiger partial charge in [0.05, 0.1) is 25.0 Å². The van der Waals surface area contributed by atoms with E-state index < -0.39 is 0 Å². The zero-order chi connectivity index (χ0) is 19.9. The van der Waals surface area contributed by atoms with E-state index in [9.17, 15) is 9.59 Å². The highest BCUT2D eigenvalue weighted by molar-refractivity contribution is 6.31. The third kappa shape index (κ3) is 5.60. The molecule has 1 aliphatic heterocycles. The van der Waals surface area contributed by atoms with Crippen LogP contribution in [0.3, 0.4) is 0 Å². The molecule has 1 aliphatic rings. The van der Waals surface area contributed by atoms with Crippen molar-refractivity contribution >= 4 is 34.9 Å². The number of piperazine rings is 1. The lowest BCUT2D eigenvalue weighted by Crippen LogP contribution is -2.48. The molecule has 0 aliphatic carbocycles. The standard InChI is InChI=1S/C20H23ClN4O3/c1-14-11-16(5-6-17(14)21)28-10-2-3-19(26)24-15-4-7-18(23-12-15)25-9-8-22-20(27)13-25/h4-7,11-12H,2-3,8-10,13H2,1H3,(H,22,27)(H,24,26). The maximum atomic E-state index is 12.1. The molecule has 1 aromatic carbocycles. The fourth-order valence-corrected chi connectivity index (χ4v) is 2.95. The Morgan fingerprint density at radius 1 is 1.36 bits per heavy atom. The summed E-state index contributed by atoms with van der Waals surface area (Å²) in [6, 6.07) is 9.09. The zero-order valence-corrected chi connectivity index (χ0v) is 16.5. The number of halogens is 1. The Morgan fingerprint density at radius 3 is 2.93 bits per heavy atom. The zero-order valence-electron chi connectivity index (χ0n) is 15.7. The van der Waals surface area contributed by atoms with Gasteiger partial charge in [0.2, 0.25) is 11.8 Å². The molecule has 2 aromatic rings. The Labute approximate surface area is 169 Å². The van der Waals surface area contributed by atoms with Gasteiger partial charge in [-0.05, 0) is 49.2 Å². The van der Waals surface area contributed by atoms with E-state index in [1.54, 1.807) is 24.4 Å². The number of benzene rings is 1. The summed E-state index contributed by atoms with van der Waals surface area (Å²) in [7, 11) is 0. The molecule has 1 aromatic heterocycles. The number of pyridine rings is 1. The number of carbonyl (C=O) groups excluding carboxylic acids is 2. The van der Waals surface area contributed by atoms with Crippen molar-refractivity contribution < 1.29 is 14.3 Å². The van der Waals surface area contributed by atoms with Crippen LogP contribution in [-0.2, 0) is 9.59 Å². The molecule has 1 saturated heterocycles. The molecular formula is C20H23ClN4O3. The second kappa shape index (κ2) is 9.41. The van der Waals surface area contributed by atoms with Crippen LogP contribution < -0.4 is 20.3 Å². The summed E-state index contributed by atoms with van der Waals surface area (Å²) in [5.41, 5.74) is 1.59. The molecule has 148 valence electrons. The van der Waals surface area contributed by atoms with Crippen molar-refractivity contribution in [1.29, 1.82) is 0 Å². The van der Waals surface area contributed by atoms with Crippen LogP contribution in [-0.4, -0.2) is 43.0 Å². The molecule has 2 amide bonds. The van der Waals surface area contributed by atoms with E-state index in [2.05, 4.69) is 15.6 Å². The van der Waals surface area contributed by atoms with Crippen LogP contribution in [0.25, 0.3) is 0 Å². The molecule has 3 rings (SSSR count). The lowest BCUT2D eigenvalue weighted by Gasteiger charge is -2.27. The number of nitrogens with zero attached hydrogens (tertiary/aromatic N) is 2. The average molecular weight is 403 g/mol. The third-order valence-corrected chi connectivity index (χ3v) is 4.76. The van der Waals surface area contributed by atoms with E-state index in [0.29, 0.717) is 43.2 Å². The first-order valence-electron chi connectivity index (χ1n) is 9.18. The maximum Gasteiger partial charge on any atom is 0.239 e. The smallest absolute Gasteiger partial charge is 0.239 e. The van der Waals surface area contributed by atoms with Gasteiger partial charge in [0.25, 0.3) is 0 Å². The SMILES string of the molecule is Cc1cc(OCCCC(=O)Nc2ccc(N3CCNC(=O)C3)nc2)ccc1Cl. The molecule has 0 radical (unpaired) electrons. The van der Waals surface area contributed by atoms with E-state index >= 15 is 0 Å². The van der Waals surface area contributed by atoms with E-state index in [1.165, 1.54) is 0 Å². The predicted octanol–water partition coefficient (Wildman–Crippen LogP) is 2.78. The number of nitrogens with one attached hydrogen (secondary N) is 2. The summed E-state index contributed by atoms with van der Waals surface area (Å²) in [4.78, 5) is 29.8. The van der Waals surface area contributed by atoms with Crippen molar-refractivity contribution in [2.24, 2.45) is 0 Å². The van der Waals surface area contributed by atoms with Crippen LogP contribution in [0.5, 0.6) is 5.75 Å². The molecule has 28 heavy (non-hydrogen) atoms. The van der Waals surface area contributed by atoms with E-state index in [4.69, 9.17) is 16.3 Å². The Bertz CT molecular complexity index is 842. The highest BCUT2D eigenvalue weighted by Crippen LogP contribution is 2.21. The molecule has 0 atom stereocenters. The quantitative estimate of drug-likeness (QED) is 0.696. The lowest BCUT2D eigenvalue weighted by atomic mass is 10.2. The van der Waals surface area contributed by atoms with E-state index in [0.717, 1.165) is 23.7 Å². The fourth-order valence-electron chi connectivity index (χ4n) is 2.83. The van der Waals surface area contributed by atoms with Gasteiger partial charge in [-0.15, -0.1) is 0 Å². The Hall–Kier alpha value is -2.80. The molecule has 7 nitrogen and oxygen atoms in total.